The van der Waals surface area contributed by atoms with Crippen LogP contribution in [0.3, 0.4) is 0 Å². The Balaban J connectivity index is 2.02. The van der Waals surface area contributed by atoms with Crippen LogP contribution in [0, 0.1) is 11.8 Å². The molecule has 2 amide bonds. The van der Waals surface area contributed by atoms with Gasteiger partial charge in [0.2, 0.25) is 5.91 Å². The second-order valence-electron chi connectivity index (χ2n) is 5.02. The van der Waals surface area contributed by atoms with Gasteiger partial charge in [0, 0.05) is 37.2 Å². The average Bonchev–Trinajstić information content (AvgIpc) is 2.49. The molecular formula is C16H18N2O3. The quantitative estimate of drug-likeness (QED) is 0.772. The number of piperidine rings is 1. The van der Waals surface area contributed by atoms with Crippen LogP contribution in [-0.4, -0.2) is 48.1 Å². The van der Waals surface area contributed by atoms with Crippen molar-refractivity contribution in [2.45, 2.75) is 18.9 Å². The molecule has 1 aliphatic rings. The number of carbonyl (C=O) groups excluding carboxylic acids is 2. The lowest BCUT2D eigenvalue weighted by Crippen LogP contribution is -2.48. The monoisotopic (exact) mass is 286 g/mol. The zero-order valence-electron chi connectivity index (χ0n) is 11.9. The van der Waals surface area contributed by atoms with E-state index in [0.717, 1.165) is 0 Å². The minimum Gasteiger partial charge on any atom is -0.384 e. The molecule has 1 heterocycles. The highest BCUT2D eigenvalue weighted by molar-refractivity contribution is 5.94. The Hall–Kier alpha value is -2.32. The number of benzene rings is 1. The van der Waals surface area contributed by atoms with Gasteiger partial charge in [0.15, 0.2) is 0 Å². The SMILES string of the molecule is CN1CC(NC(=O)c2cccc(C#CCO)c2)CCC1=O. The molecule has 1 unspecified atom stereocenters. The smallest absolute Gasteiger partial charge is 0.251 e. The van der Waals surface area contributed by atoms with Crippen molar-refractivity contribution in [3.63, 3.8) is 0 Å². The molecular weight excluding hydrogens is 268 g/mol. The Kier molecular flexibility index (Phi) is 4.96. The van der Waals surface area contributed by atoms with E-state index >= 15 is 0 Å². The van der Waals surface area contributed by atoms with Crippen LogP contribution in [-0.2, 0) is 4.79 Å². The van der Waals surface area contributed by atoms with Gasteiger partial charge >= 0.3 is 0 Å². The van der Waals surface area contributed by atoms with Crippen molar-refractivity contribution in [1.29, 1.82) is 0 Å². The molecule has 5 heteroatoms. The Morgan fingerprint density at radius 1 is 1.52 bits per heavy atom. The number of aliphatic hydroxyl groups excluding tert-OH is 1. The van der Waals surface area contributed by atoms with E-state index in [-0.39, 0.29) is 24.5 Å². The summed E-state index contributed by atoms with van der Waals surface area (Å²) in [4.78, 5) is 25.3. The van der Waals surface area contributed by atoms with Gasteiger partial charge in [-0.05, 0) is 24.6 Å². The third-order valence-electron chi connectivity index (χ3n) is 3.40. The molecule has 0 radical (unpaired) electrons. The summed E-state index contributed by atoms with van der Waals surface area (Å²) in [6.07, 6.45) is 1.13. The van der Waals surface area contributed by atoms with Crippen molar-refractivity contribution in [2.75, 3.05) is 20.2 Å². The summed E-state index contributed by atoms with van der Waals surface area (Å²) in [6, 6.07) is 6.93. The van der Waals surface area contributed by atoms with E-state index in [4.69, 9.17) is 5.11 Å². The number of amides is 2. The number of aliphatic hydroxyl groups is 1. The molecule has 2 N–H and O–H groups in total. The minimum atomic E-state index is -0.209. The number of hydrogen-bond acceptors (Lipinski definition) is 3. The number of nitrogens with zero attached hydrogens (tertiary/aromatic N) is 1. The molecule has 1 fully saturated rings. The zero-order valence-corrected chi connectivity index (χ0v) is 11.9. The zero-order chi connectivity index (χ0) is 15.2. The number of likely N-dealkylation sites (N-methyl/N-ethyl adjacent to an activating group) is 1. The second-order valence-corrected chi connectivity index (χ2v) is 5.02. The number of hydrogen-bond donors (Lipinski definition) is 2. The molecule has 21 heavy (non-hydrogen) atoms. The Bertz CT molecular complexity index is 601. The summed E-state index contributed by atoms with van der Waals surface area (Å²) in [5.41, 5.74) is 1.21. The highest BCUT2D eigenvalue weighted by Gasteiger charge is 2.24. The Morgan fingerprint density at radius 2 is 2.33 bits per heavy atom. The Morgan fingerprint density at radius 3 is 3.05 bits per heavy atom. The summed E-state index contributed by atoms with van der Waals surface area (Å²) < 4.78 is 0. The summed E-state index contributed by atoms with van der Waals surface area (Å²) in [5.74, 6) is 5.27. The van der Waals surface area contributed by atoms with E-state index in [1.807, 2.05) is 0 Å². The van der Waals surface area contributed by atoms with E-state index in [2.05, 4.69) is 17.2 Å². The fraction of sp³-hybridized carbons (Fsp3) is 0.375. The van der Waals surface area contributed by atoms with Crippen molar-refractivity contribution in [1.82, 2.24) is 10.2 Å². The van der Waals surface area contributed by atoms with Gasteiger partial charge in [0.25, 0.3) is 5.91 Å². The standard InChI is InChI=1S/C16H18N2O3/c1-18-11-14(7-8-15(18)20)17-16(21)13-6-2-4-12(10-13)5-3-9-19/h2,4,6,10,14,19H,7-9,11H2,1H3,(H,17,21). The van der Waals surface area contributed by atoms with Gasteiger partial charge in [0.1, 0.15) is 6.61 Å². The first-order chi connectivity index (χ1) is 10.1. The van der Waals surface area contributed by atoms with Crippen molar-refractivity contribution in [3.05, 3.63) is 35.4 Å². The van der Waals surface area contributed by atoms with Crippen LogP contribution >= 0.6 is 0 Å². The molecule has 1 aromatic carbocycles. The van der Waals surface area contributed by atoms with E-state index in [0.29, 0.717) is 30.5 Å². The molecule has 0 bridgehead atoms. The number of rotatable bonds is 2. The minimum absolute atomic E-state index is 0.0209. The van der Waals surface area contributed by atoms with Gasteiger partial charge in [-0.2, -0.15) is 0 Å². The summed E-state index contributed by atoms with van der Waals surface area (Å²) in [7, 11) is 1.74. The van der Waals surface area contributed by atoms with Crippen molar-refractivity contribution < 1.29 is 14.7 Å². The first kappa shape index (κ1) is 15.1. The molecule has 0 saturated carbocycles. The normalized spacial score (nSPS) is 17.9. The van der Waals surface area contributed by atoms with Crippen LogP contribution in [0.2, 0.25) is 0 Å². The number of likely N-dealkylation sites (tertiary alicyclic amines) is 1. The van der Waals surface area contributed by atoms with E-state index < -0.39 is 0 Å². The van der Waals surface area contributed by atoms with E-state index in [1.165, 1.54) is 0 Å². The van der Waals surface area contributed by atoms with Crippen molar-refractivity contribution >= 4 is 11.8 Å². The average molecular weight is 286 g/mol. The second kappa shape index (κ2) is 6.91. The van der Waals surface area contributed by atoms with Crippen LogP contribution in [0.15, 0.2) is 24.3 Å². The topological polar surface area (TPSA) is 69.6 Å². The molecule has 1 atom stereocenters. The molecule has 0 spiro atoms. The van der Waals surface area contributed by atoms with Crippen LogP contribution < -0.4 is 5.32 Å². The largest absolute Gasteiger partial charge is 0.384 e. The van der Waals surface area contributed by atoms with E-state index in [1.54, 1.807) is 36.2 Å². The predicted molar refractivity (Wildman–Crippen MR) is 78.5 cm³/mol. The molecule has 5 nitrogen and oxygen atoms in total. The first-order valence-corrected chi connectivity index (χ1v) is 6.85. The molecule has 1 saturated heterocycles. The van der Waals surface area contributed by atoms with Gasteiger partial charge in [0.05, 0.1) is 0 Å². The highest BCUT2D eigenvalue weighted by atomic mass is 16.2. The highest BCUT2D eigenvalue weighted by Crippen LogP contribution is 2.11. The van der Waals surface area contributed by atoms with Gasteiger partial charge < -0.3 is 15.3 Å². The maximum absolute atomic E-state index is 12.2. The van der Waals surface area contributed by atoms with Gasteiger partial charge in [-0.25, -0.2) is 0 Å². The fourth-order valence-corrected chi connectivity index (χ4v) is 2.28. The Labute approximate surface area is 124 Å². The number of carbonyl (C=O) groups is 2. The lowest BCUT2D eigenvalue weighted by atomic mass is 10.0. The van der Waals surface area contributed by atoms with Crippen LogP contribution in [0.4, 0.5) is 0 Å². The van der Waals surface area contributed by atoms with Crippen molar-refractivity contribution in [3.8, 4) is 11.8 Å². The van der Waals surface area contributed by atoms with Gasteiger partial charge in [-0.15, -0.1) is 0 Å². The summed E-state index contributed by atoms with van der Waals surface area (Å²) >= 11 is 0. The van der Waals surface area contributed by atoms with Gasteiger partial charge in [-0.1, -0.05) is 17.9 Å². The third kappa shape index (κ3) is 4.07. The van der Waals surface area contributed by atoms with Crippen molar-refractivity contribution in [2.24, 2.45) is 0 Å². The molecule has 110 valence electrons. The molecule has 2 rings (SSSR count). The molecule has 0 aromatic heterocycles. The molecule has 1 aliphatic heterocycles. The van der Waals surface area contributed by atoms with Crippen LogP contribution in [0.1, 0.15) is 28.8 Å². The van der Waals surface area contributed by atoms with Gasteiger partial charge in [-0.3, -0.25) is 9.59 Å². The maximum Gasteiger partial charge on any atom is 0.251 e. The number of nitrogens with one attached hydrogen (secondary N) is 1. The first-order valence-electron chi connectivity index (χ1n) is 6.85. The predicted octanol–water partition coefficient (Wildman–Crippen LogP) is 0.381. The fourth-order valence-electron chi connectivity index (χ4n) is 2.28. The lowest BCUT2D eigenvalue weighted by Gasteiger charge is -2.30. The summed E-state index contributed by atoms with van der Waals surface area (Å²) in [6.45, 7) is 0.327. The van der Waals surface area contributed by atoms with Crippen LogP contribution in [0.5, 0.6) is 0 Å². The van der Waals surface area contributed by atoms with Crippen LogP contribution in [0.25, 0.3) is 0 Å². The molecule has 1 aromatic rings. The summed E-state index contributed by atoms with van der Waals surface area (Å²) in [5, 5.41) is 11.6. The third-order valence-corrected chi connectivity index (χ3v) is 3.40. The maximum atomic E-state index is 12.2. The van der Waals surface area contributed by atoms with E-state index in [9.17, 15) is 9.59 Å². The molecule has 0 aliphatic carbocycles. The lowest BCUT2D eigenvalue weighted by molar-refractivity contribution is -0.132.